The zero-order valence-electron chi connectivity index (χ0n) is 16.3. The number of aryl methyl sites for hydroxylation is 1. The number of nitrogens with one attached hydrogen (secondary N) is 1. The third-order valence-electron chi connectivity index (χ3n) is 4.56. The fourth-order valence-corrected chi connectivity index (χ4v) is 3.07. The number of rotatable bonds is 7. The largest absolute Gasteiger partial charge is 0.416 e. The van der Waals surface area contributed by atoms with E-state index in [1.165, 1.54) is 12.1 Å². The molecule has 0 unspecified atom stereocenters. The van der Waals surface area contributed by atoms with Gasteiger partial charge in [-0.2, -0.15) is 18.3 Å². The molecule has 0 amide bonds. The molecule has 0 radical (unpaired) electrons. The normalized spacial score (nSPS) is 11.5. The first-order valence-electron chi connectivity index (χ1n) is 9.35. The number of carbonyl (C=O) groups is 1. The molecule has 3 rings (SSSR count). The summed E-state index contributed by atoms with van der Waals surface area (Å²) in [5, 5.41) is 7.67. The zero-order valence-corrected chi connectivity index (χ0v) is 16.3. The van der Waals surface area contributed by atoms with Crippen LogP contribution in [0.5, 0.6) is 0 Å². The Morgan fingerprint density at radius 2 is 1.72 bits per heavy atom. The first-order chi connectivity index (χ1) is 13.8. The van der Waals surface area contributed by atoms with E-state index in [2.05, 4.69) is 10.4 Å². The Balaban J connectivity index is 1.73. The van der Waals surface area contributed by atoms with Crippen LogP contribution in [0.15, 0.2) is 54.7 Å². The Bertz CT molecular complexity index is 974. The summed E-state index contributed by atoms with van der Waals surface area (Å²) in [6.07, 6.45) is -1.19. The van der Waals surface area contributed by atoms with E-state index < -0.39 is 11.7 Å². The number of Topliss-reactive ketones (excluding diaryl/α,β-unsaturated/α-hetero) is 1. The third-order valence-corrected chi connectivity index (χ3v) is 4.56. The van der Waals surface area contributed by atoms with Crippen LogP contribution in [0.1, 0.15) is 41.3 Å². The van der Waals surface area contributed by atoms with Crippen LogP contribution >= 0.6 is 0 Å². The first-order valence-corrected chi connectivity index (χ1v) is 9.35. The summed E-state index contributed by atoms with van der Waals surface area (Å²) in [5.41, 5.74) is 2.96. The smallest absolute Gasteiger partial charge is 0.381 e. The van der Waals surface area contributed by atoms with Gasteiger partial charge in [0.1, 0.15) is 0 Å². The van der Waals surface area contributed by atoms with Crippen LogP contribution in [0.4, 0.5) is 18.9 Å². The molecule has 4 nitrogen and oxygen atoms in total. The number of hydrogen-bond donors (Lipinski definition) is 1. The predicted molar refractivity (Wildman–Crippen MR) is 107 cm³/mol. The first kappa shape index (κ1) is 20.6. The molecule has 2 aromatic carbocycles. The van der Waals surface area contributed by atoms with Gasteiger partial charge in [0.2, 0.25) is 0 Å². The van der Waals surface area contributed by atoms with E-state index >= 15 is 0 Å². The van der Waals surface area contributed by atoms with Crippen molar-refractivity contribution in [1.29, 1.82) is 0 Å². The fraction of sp³-hybridized carbons (Fsp3) is 0.273. The minimum atomic E-state index is -4.36. The van der Waals surface area contributed by atoms with Gasteiger partial charge in [-0.05, 0) is 42.8 Å². The van der Waals surface area contributed by atoms with Crippen LogP contribution in [0.3, 0.4) is 0 Å². The van der Waals surface area contributed by atoms with Crippen molar-refractivity contribution in [3.05, 3.63) is 71.4 Å². The number of ketones is 1. The molecule has 0 atom stereocenters. The van der Waals surface area contributed by atoms with Gasteiger partial charge in [0.15, 0.2) is 5.78 Å². The Kier molecular flexibility index (Phi) is 6.06. The van der Waals surface area contributed by atoms with Crippen molar-refractivity contribution >= 4 is 11.5 Å². The van der Waals surface area contributed by atoms with E-state index in [1.54, 1.807) is 23.9 Å². The highest BCUT2D eigenvalue weighted by molar-refractivity contribution is 5.96. The zero-order chi connectivity index (χ0) is 21.0. The lowest BCUT2D eigenvalue weighted by molar-refractivity contribution is -0.137. The summed E-state index contributed by atoms with van der Waals surface area (Å²) in [4.78, 5) is 11.9. The van der Waals surface area contributed by atoms with E-state index in [0.29, 0.717) is 29.8 Å². The number of carbonyl (C=O) groups excluding carboxylic acids is 1. The summed E-state index contributed by atoms with van der Waals surface area (Å²) in [6, 6.07) is 12.3. The summed E-state index contributed by atoms with van der Waals surface area (Å²) < 4.78 is 40.0. The van der Waals surface area contributed by atoms with E-state index in [9.17, 15) is 18.0 Å². The molecule has 0 spiro atoms. The number of alkyl halides is 3. The number of anilines is 1. The number of halogens is 3. The van der Waals surface area contributed by atoms with Crippen LogP contribution in [0.25, 0.3) is 11.3 Å². The number of nitrogens with zero attached hydrogens (tertiary/aromatic N) is 2. The van der Waals surface area contributed by atoms with E-state index in [4.69, 9.17) is 0 Å². The Labute approximate surface area is 167 Å². The average Bonchev–Trinajstić information content (AvgIpc) is 3.07. The van der Waals surface area contributed by atoms with Crippen LogP contribution in [-0.2, 0) is 19.8 Å². The molecule has 0 saturated carbocycles. The van der Waals surface area contributed by atoms with E-state index in [-0.39, 0.29) is 5.78 Å². The minimum absolute atomic E-state index is 0.121. The van der Waals surface area contributed by atoms with E-state index in [0.717, 1.165) is 29.8 Å². The monoisotopic (exact) mass is 401 g/mol. The molecule has 0 saturated heterocycles. The Hall–Kier alpha value is -3.09. The second-order valence-electron chi connectivity index (χ2n) is 6.86. The fourth-order valence-electron chi connectivity index (χ4n) is 3.07. The summed E-state index contributed by atoms with van der Waals surface area (Å²) in [5.74, 6) is 0.121. The van der Waals surface area contributed by atoms with Gasteiger partial charge in [0.25, 0.3) is 0 Å². The quantitative estimate of drug-likeness (QED) is 0.517. The highest BCUT2D eigenvalue weighted by atomic mass is 19.4. The second kappa shape index (κ2) is 8.51. The Morgan fingerprint density at radius 3 is 2.31 bits per heavy atom. The highest BCUT2D eigenvalue weighted by Crippen LogP contribution is 2.31. The Morgan fingerprint density at radius 1 is 1.07 bits per heavy atom. The van der Waals surface area contributed by atoms with Gasteiger partial charge in [-0.1, -0.05) is 19.1 Å². The van der Waals surface area contributed by atoms with Crippen LogP contribution in [-0.4, -0.2) is 15.6 Å². The van der Waals surface area contributed by atoms with Gasteiger partial charge in [0.05, 0.1) is 11.3 Å². The lowest BCUT2D eigenvalue weighted by Gasteiger charge is -2.09. The van der Waals surface area contributed by atoms with Crippen LogP contribution < -0.4 is 5.32 Å². The van der Waals surface area contributed by atoms with Crippen molar-refractivity contribution < 1.29 is 18.0 Å². The number of hydrogen-bond acceptors (Lipinski definition) is 3. The minimum Gasteiger partial charge on any atom is -0.381 e. The standard InChI is InChI=1S/C22H22F3N3O/c1-3-4-20(29)15-7-11-19(12-8-15)26-13-17-14-28(2)27-21(17)16-5-9-18(10-6-16)22(23,24)25/h5-12,14,26H,3-4,13H2,1-2H3. The van der Waals surface area contributed by atoms with Crippen molar-refractivity contribution in [2.24, 2.45) is 7.05 Å². The summed E-state index contributed by atoms with van der Waals surface area (Å²) in [6.45, 7) is 2.42. The molecule has 0 bridgehead atoms. The summed E-state index contributed by atoms with van der Waals surface area (Å²) in [7, 11) is 1.77. The highest BCUT2D eigenvalue weighted by Gasteiger charge is 2.30. The molecule has 0 aliphatic rings. The van der Waals surface area contributed by atoms with Gasteiger partial charge >= 0.3 is 6.18 Å². The number of aromatic nitrogens is 2. The molecule has 3 aromatic rings. The van der Waals surface area contributed by atoms with Crippen LogP contribution in [0.2, 0.25) is 0 Å². The maximum atomic E-state index is 12.8. The van der Waals surface area contributed by atoms with Crippen molar-refractivity contribution in [3.63, 3.8) is 0 Å². The lowest BCUT2D eigenvalue weighted by atomic mass is 10.1. The molecule has 1 aromatic heterocycles. The second-order valence-corrected chi connectivity index (χ2v) is 6.86. The average molecular weight is 401 g/mol. The molecular formula is C22H22F3N3O. The van der Waals surface area contributed by atoms with Crippen molar-refractivity contribution in [3.8, 4) is 11.3 Å². The van der Waals surface area contributed by atoms with Gasteiger partial charge < -0.3 is 5.32 Å². The topological polar surface area (TPSA) is 46.9 Å². The third kappa shape index (κ3) is 5.04. The molecule has 0 aliphatic carbocycles. The van der Waals surface area contributed by atoms with Crippen LogP contribution in [0, 0.1) is 0 Å². The number of benzene rings is 2. The van der Waals surface area contributed by atoms with Crippen molar-refractivity contribution in [2.75, 3.05) is 5.32 Å². The summed E-state index contributed by atoms with van der Waals surface area (Å²) >= 11 is 0. The maximum absolute atomic E-state index is 12.8. The van der Waals surface area contributed by atoms with Gasteiger partial charge in [-0.15, -0.1) is 0 Å². The maximum Gasteiger partial charge on any atom is 0.416 e. The van der Waals surface area contributed by atoms with E-state index in [1.807, 2.05) is 25.3 Å². The van der Waals surface area contributed by atoms with Crippen molar-refractivity contribution in [1.82, 2.24) is 9.78 Å². The SMILES string of the molecule is CCCC(=O)c1ccc(NCc2cn(C)nc2-c2ccc(C(F)(F)F)cc2)cc1. The molecule has 1 heterocycles. The predicted octanol–water partition coefficient (Wildman–Crippen LogP) is 5.70. The molecule has 0 fully saturated rings. The molecule has 0 aliphatic heterocycles. The van der Waals surface area contributed by atoms with Gasteiger partial charge in [-0.25, -0.2) is 0 Å². The van der Waals surface area contributed by atoms with Gasteiger partial charge in [0, 0.05) is 48.6 Å². The lowest BCUT2D eigenvalue weighted by Crippen LogP contribution is -2.04. The van der Waals surface area contributed by atoms with Crippen molar-refractivity contribution in [2.45, 2.75) is 32.5 Å². The molecular weight excluding hydrogens is 379 g/mol. The molecule has 1 N–H and O–H groups in total. The molecule has 7 heteroatoms. The molecule has 152 valence electrons. The molecule has 29 heavy (non-hydrogen) atoms. The van der Waals surface area contributed by atoms with Gasteiger partial charge in [-0.3, -0.25) is 9.48 Å².